The van der Waals surface area contributed by atoms with E-state index in [1.54, 1.807) is 6.92 Å². The van der Waals surface area contributed by atoms with E-state index in [1.807, 2.05) is 6.92 Å². The minimum atomic E-state index is -1.45. The molecule has 2 unspecified atom stereocenters. The minimum Gasteiger partial charge on any atom is -0.481 e. The van der Waals surface area contributed by atoms with E-state index in [9.17, 15) is 19.8 Å². The molecular formula is C13H20N2O5. The van der Waals surface area contributed by atoms with Crippen LogP contribution in [0.4, 0.5) is 0 Å². The van der Waals surface area contributed by atoms with Crippen molar-refractivity contribution < 1.29 is 24.3 Å². The van der Waals surface area contributed by atoms with Gasteiger partial charge in [-0.15, -0.1) is 0 Å². The molecule has 0 aromatic carbocycles. The third-order valence-corrected chi connectivity index (χ3v) is 3.44. The van der Waals surface area contributed by atoms with Crippen LogP contribution in [-0.4, -0.2) is 39.9 Å². The van der Waals surface area contributed by atoms with E-state index >= 15 is 0 Å². The monoisotopic (exact) mass is 284 g/mol. The first-order chi connectivity index (χ1) is 9.38. The van der Waals surface area contributed by atoms with Crippen molar-refractivity contribution in [3.05, 3.63) is 17.5 Å². The van der Waals surface area contributed by atoms with Crippen molar-refractivity contribution in [1.29, 1.82) is 0 Å². The lowest BCUT2D eigenvalue weighted by molar-refractivity contribution is -0.152. The van der Waals surface area contributed by atoms with Gasteiger partial charge in [0.05, 0.1) is 12.3 Å². The Labute approximate surface area is 117 Å². The Morgan fingerprint density at radius 3 is 2.55 bits per heavy atom. The summed E-state index contributed by atoms with van der Waals surface area (Å²) < 4.78 is 4.90. The summed E-state index contributed by atoms with van der Waals surface area (Å²) in [5, 5.41) is 24.8. The predicted octanol–water partition coefficient (Wildman–Crippen LogP) is 0.829. The van der Waals surface area contributed by atoms with Gasteiger partial charge in [0, 0.05) is 12.1 Å². The molecule has 0 radical (unpaired) electrons. The number of carbonyl (C=O) groups excluding carboxylic acids is 1. The number of aliphatic hydroxyl groups excluding tert-OH is 1. The zero-order valence-electron chi connectivity index (χ0n) is 11.8. The first kappa shape index (κ1) is 16.2. The highest BCUT2D eigenvalue weighted by Crippen LogP contribution is 2.24. The van der Waals surface area contributed by atoms with Crippen molar-refractivity contribution in [1.82, 2.24) is 10.5 Å². The Kier molecular flexibility index (Phi) is 5.26. The summed E-state index contributed by atoms with van der Waals surface area (Å²) in [6.45, 7) is 4.43. The van der Waals surface area contributed by atoms with Crippen LogP contribution in [0.2, 0.25) is 0 Å². The number of amides is 1. The zero-order valence-corrected chi connectivity index (χ0v) is 11.8. The largest absolute Gasteiger partial charge is 0.481 e. The van der Waals surface area contributed by atoms with Crippen LogP contribution in [0.3, 0.4) is 0 Å². The number of aliphatic hydroxyl groups is 1. The lowest BCUT2D eigenvalue weighted by atomic mass is 9.81. The molecule has 0 saturated carbocycles. The predicted molar refractivity (Wildman–Crippen MR) is 70.3 cm³/mol. The molecule has 1 amide bonds. The van der Waals surface area contributed by atoms with E-state index in [-0.39, 0.29) is 5.76 Å². The lowest BCUT2D eigenvalue weighted by Crippen LogP contribution is -2.52. The van der Waals surface area contributed by atoms with E-state index in [4.69, 9.17) is 4.52 Å². The zero-order chi connectivity index (χ0) is 15.3. The molecule has 20 heavy (non-hydrogen) atoms. The van der Waals surface area contributed by atoms with Gasteiger partial charge < -0.3 is 20.1 Å². The summed E-state index contributed by atoms with van der Waals surface area (Å²) in [7, 11) is 0. The molecule has 2 atom stereocenters. The number of aryl methyl sites for hydroxylation is 1. The summed E-state index contributed by atoms with van der Waals surface area (Å²) in [6, 6.07) is 0.798. The summed E-state index contributed by atoms with van der Waals surface area (Å²) in [5.74, 6) is -1.67. The molecule has 0 aliphatic carbocycles. The van der Waals surface area contributed by atoms with E-state index in [0.717, 1.165) is 0 Å². The van der Waals surface area contributed by atoms with Gasteiger partial charge in [0.25, 0.3) is 5.91 Å². The number of rotatable bonds is 7. The van der Waals surface area contributed by atoms with Crippen LogP contribution in [0, 0.1) is 5.41 Å². The molecule has 0 saturated heterocycles. The van der Waals surface area contributed by atoms with Crippen molar-refractivity contribution in [2.24, 2.45) is 5.41 Å². The van der Waals surface area contributed by atoms with Crippen molar-refractivity contribution in [3.63, 3.8) is 0 Å². The highest BCUT2D eigenvalue weighted by atomic mass is 16.5. The number of carbonyl (C=O) groups is 2. The van der Waals surface area contributed by atoms with Gasteiger partial charge in [-0.1, -0.05) is 19.0 Å². The third kappa shape index (κ3) is 3.16. The quantitative estimate of drug-likeness (QED) is 0.683. The second-order valence-electron chi connectivity index (χ2n) is 4.85. The number of carboxylic acid groups (broad SMARTS) is 1. The standard InChI is InChI=1S/C13H20N2O5/c1-4-8-6-9(20-15-8)11(17)14-10(5-2)13(3,7-16)12(18)19/h6,10,16H,4-5,7H2,1-3H3,(H,14,17)(H,18,19). The van der Waals surface area contributed by atoms with Crippen molar-refractivity contribution in [2.45, 2.75) is 39.7 Å². The summed E-state index contributed by atoms with van der Waals surface area (Å²) >= 11 is 0. The van der Waals surface area contributed by atoms with E-state index < -0.39 is 29.9 Å². The molecule has 0 fully saturated rings. The molecule has 1 aromatic rings. The molecule has 0 bridgehead atoms. The van der Waals surface area contributed by atoms with Gasteiger partial charge in [0.2, 0.25) is 5.76 Å². The number of hydrogen-bond acceptors (Lipinski definition) is 5. The fourth-order valence-corrected chi connectivity index (χ4v) is 1.85. The van der Waals surface area contributed by atoms with Gasteiger partial charge in [-0.2, -0.15) is 0 Å². The van der Waals surface area contributed by atoms with Gasteiger partial charge in [-0.05, 0) is 19.8 Å². The fraction of sp³-hybridized carbons (Fsp3) is 0.615. The van der Waals surface area contributed by atoms with E-state index in [0.29, 0.717) is 18.5 Å². The van der Waals surface area contributed by atoms with Crippen molar-refractivity contribution >= 4 is 11.9 Å². The first-order valence-corrected chi connectivity index (χ1v) is 6.49. The van der Waals surface area contributed by atoms with Gasteiger partial charge in [0.1, 0.15) is 5.41 Å². The van der Waals surface area contributed by atoms with Gasteiger partial charge in [0.15, 0.2) is 0 Å². The molecule has 112 valence electrons. The van der Waals surface area contributed by atoms with Crippen LogP contribution in [0.1, 0.15) is 43.4 Å². The van der Waals surface area contributed by atoms with Crippen LogP contribution in [0.5, 0.6) is 0 Å². The Balaban J connectivity index is 2.87. The second-order valence-corrected chi connectivity index (χ2v) is 4.85. The first-order valence-electron chi connectivity index (χ1n) is 6.49. The molecule has 7 heteroatoms. The maximum atomic E-state index is 12.0. The van der Waals surface area contributed by atoms with Gasteiger partial charge >= 0.3 is 5.97 Å². The Bertz CT molecular complexity index is 485. The molecule has 0 aliphatic heterocycles. The van der Waals surface area contributed by atoms with Crippen molar-refractivity contribution in [3.8, 4) is 0 Å². The van der Waals surface area contributed by atoms with Crippen LogP contribution >= 0.6 is 0 Å². The maximum Gasteiger partial charge on any atom is 0.313 e. The molecule has 0 spiro atoms. The smallest absolute Gasteiger partial charge is 0.313 e. The van der Waals surface area contributed by atoms with Crippen molar-refractivity contribution in [2.75, 3.05) is 6.61 Å². The number of hydrogen-bond donors (Lipinski definition) is 3. The highest BCUT2D eigenvalue weighted by Gasteiger charge is 2.41. The third-order valence-electron chi connectivity index (χ3n) is 3.44. The van der Waals surface area contributed by atoms with E-state index in [2.05, 4.69) is 10.5 Å². The van der Waals surface area contributed by atoms with E-state index in [1.165, 1.54) is 13.0 Å². The molecule has 1 rings (SSSR count). The van der Waals surface area contributed by atoms with Crippen LogP contribution in [0.15, 0.2) is 10.6 Å². The average Bonchev–Trinajstić information content (AvgIpc) is 2.92. The number of nitrogens with one attached hydrogen (secondary N) is 1. The van der Waals surface area contributed by atoms with Gasteiger partial charge in [-0.25, -0.2) is 0 Å². The Morgan fingerprint density at radius 1 is 1.50 bits per heavy atom. The normalized spacial score (nSPS) is 15.4. The number of carboxylic acids is 1. The number of nitrogens with zero attached hydrogens (tertiary/aromatic N) is 1. The molecule has 3 N–H and O–H groups in total. The second kappa shape index (κ2) is 6.51. The molecule has 1 aromatic heterocycles. The lowest BCUT2D eigenvalue weighted by Gasteiger charge is -2.31. The minimum absolute atomic E-state index is 0.0333. The average molecular weight is 284 g/mol. The number of aliphatic carboxylic acids is 1. The fourth-order valence-electron chi connectivity index (χ4n) is 1.85. The highest BCUT2D eigenvalue weighted by molar-refractivity contribution is 5.92. The maximum absolute atomic E-state index is 12.0. The van der Waals surface area contributed by atoms with Crippen LogP contribution in [0.25, 0.3) is 0 Å². The van der Waals surface area contributed by atoms with Gasteiger partial charge in [-0.3, -0.25) is 9.59 Å². The molecule has 7 nitrogen and oxygen atoms in total. The molecule has 1 heterocycles. The number of aromatic nitrogens is 1. The Hall–Kier alpha value is -1.89. The summed E-state index contributed by atoms with van der Waals surface area (Å²) in [5.41, 5.74) is -0.802. The molecular weight excluding hydrogens is 264 g/mol. The summed E-state index contributed by atoms with van der Waals surface area (Å²) in [6.07, 6.45) is 1.00. The topological polar surface area (TPSA) is 113 Å². The SMILES string of the molecule is CCc1cc(C(=O)NC(CC)C(C)(CO)C(=O)O)on1. The Morgan fingerprint density at radius 2 is 2.15 bits per heavy atom. The summed E-state index contributed by atoms with van der Waals surface area (Å²) in [4.78, 5) is 23.3. The van der Waals surface area contributed by atoms with Crippen LogP contribution in [-0.2, 0) is 11.2 Å². The molecule has 0 aliphatic rings. The van der Waals surface area contributed by atoms with Crippen LogP contribution < -0.4 is 5.32 Å².